The fraction of sp³-hybridized carbons (Fsp3) is 0.200. The van der Waals surface area contributed by atoms with Crippen LogP contribution < -0.4 is 0 Å². The van der Waals surface area contributed by atoms with Gasteiger partial charge in [-0.1, -0.05) is 28.1 Å². The molecule has 4 heteroatoms. The van der Waals surface area contributed by atoms with Crippen LogP contribution in [0, 0.1) is 6.92 Å². The monoisotopic (exact) mass is 251 g/mol. The van der Waals surface area contributed by atoms with E-state index in [9.17, 15) is 0 Å². The van der Waals surface area contributed by atoms with Crippen molar-refractivity contribution in [3.05, 3.63) is 34.6 Å². The lowest BCUT2D eigenvalue weighted by molar-refractivity contribution is 0.918. The molecule has 0 aliphatic carbocycles. The number of nitrogens with zero attached hydrogens (tertiary/aromatic N) is 3. The van der Waals surface area contributed by atoms with Crippen LogP contribution in [0.1, 0.15) is 5.56 Å². The fourth-order valence-corrected chi connectivity index (χ4v) is 1.74. The molecule has 0 bridgehead atoms. The van der Waals surface area contributed by atoms with Crippen molar-refractivity contribution >= 4 is 15.9 Å². The van der Waals surface area contributed by atoms with Crippen molar-refractivity contribution < 1.29 is 0 Å². The van der Waals surface area contributed by atoms with E-state index in [0.29, 0.717) is 0 Å². The predicted molar refractivity (Wildman–Crippen MR) is 58.9 cm³/mol. The number of aromatic nitrogens is 3. The smallest absolute Gasteiger partial charge is 0.163 e. The summed E-state index contributed by atoms with van der Waals surface area (Å²) in [6.45, 7) is 2.06. The van der Waals surface area contributed by atoms with Crippen LogP contribution in [0.25, 0.3) is 11.4 Å². The zero-order valence-corrected chi connectivity index (χ0v) is 9.62. The van der Waals surface area contributed by atoms with Gasteiger partial charge in [-0.15, -0.1) is 10.2 Å². The van der Waals surface area contributed by atoms with Crippen molar-refractivity contribution in [2.45, 2.75) is 6.92 Å². The van der Waals surface area contributed by atoms with Crippen LogP contribution in [0.4, 0.5) is 0 Å². The topological polar surface area (TPSA) is 30.7 Å². The lowest BCUT2D eigenvalue weighted by Gasteiger charge is -2.05. The van der Waals surface area contributed by atoms with Gasteiger partial charge in [0.15, 0.2) is 5.82 Å². The maximum atomic E-state index is 4.08. The van der Waals surface area contributed by atoms with Crippen LogP contribution in [-0.4, -0.2) is 14.8 Å². The molecule has 1 heterocycles. The number of halogens is 1. The third-order valence-electron chi connectivity index (χ3n) is 2.22. The largest absolute Gasteiger partial charge is 0.317 e. The summed E-state index contributed by atoms with van der Waals surface area (Å²) in [5.74, 6) is 0.892. The number of hydrogen-bond acceptors (Lipinski definition) is 2. The third kappa shape index (κ3) is 1.46. The molecule has 0 aliphatic heterocycles. The first-order valence-corrected chi connectivity index (χ1v) is 5.09. The van der Waals surface area contributed by atoms with Crippen molar-refractivity contribution in [2.75, 3.05) is 0 Å². The van der Waals surface area contributed by atoms with Crippen LogP contribution in [-0.2, 0) is 7.05 Å². The highest BCUT2D eigenvalue weighted by molar-refractivity contribution is 9.10. The Labute approximate surface area is 90.9 Å². The Morgan fingerprint density at radius 2 is 2.14 bits per heavy atom. The normalized spacial score (nSPS) is 10.5. The van der Waals surface area contributed by atoms with Crippen LogP contribution >= 0.6 is 15.9 Å². The molecule has 0 atom stereocenters. The summed E-state index contributed by atoms with van der Waals surface area (Å²) in [6, 6.07) is 6.07. The van der Waals surface area contributed by atoms with Gasteiger partial charge in [0.25, 0.3) is 0 Å². The Morgan fingerprint density at radius 1 is 1.36 bits per heavy atom. The molecule has 0 fully saturated rings. The average Bonchev–Trinajstić information content (AvgIpc) is 2.57. The zero-order valence-electron chi connectivity index (χ0n) is 8.03. The Balaban J connectivity index is 2.63. The Bertz CT molecular complexity index is 462. The summed E-state index contributed by atoms with van der Waals surface area (Å²) in [5.41, 5.74) is 2.29. The molecule has 0 spiro atoms. The molecule has 2 rings (SSSR count). The molecule has 0 unspecified atom stereocenters. The molecule has 72 valence electrons. The van der Waals surface area contributed by atoms with Gasteiger partial charge in [0.2, 0.25) is 0 Å². The summed E-state index contributed by atoms with van der Waals surface area (Å²) >= 11 is 3.50. The van der Waals surface area contributed by atoms with E-state index >= 15 is 0 Å². The fourth-order valence-electron chi connectivity index (χ4n) is 1.38. The summed E-state index contributed by atoms with van der Waals surface area (Å²) < 4.78 is 3.01. The molecule has 3 nitrogen and oxygen atoms in total. The summed E-state index contributed by atoms with van der Waals surface area (Å²) in [7, 11) is 1.94. The van der Waals surface area contributed by atoms with Gasteiger partial charge in [-0.05, 0) is 18.6 Å². The van der Waals surface area contributed by atoms with Gasteiger partial charge in [-0.25, -0.2) is 0 Å². The summed E-state index contributed by atoms with van der Waals surface area (Å²) in [6.07, 6.45) is 1.70. The van der Waals surface area contributed by atoms with E-state index in [0.717, 1.165) is 15.9 Å². The van der Waals surface area contributed by atoms with E-state index in [-0.39, 0.29) is 0 Å². The van der Waals surface area contributed by atoms with E-state index in [4.69, 9.17) is 0 Å². The van der Waals surface area contributed by atoms with E-state index in [2.05, 4.69) is 33.1 Å². The highest BCUT2D eigenvalue weighted by Crippen LogP contribution is 2.26. The Kier molecular flexibility index (Phi) is 2.37. The molecule has 1 aromatic heterocycles. The van der Waals surface area contributed by atoms with Crippen LogP contribution in [0.3, 0.4) is 0 Å². The van der Waals surface area contributed by atoms with Crippen molar-refractivity contribution in [1.29, 1.82) is 0 Å². The molecule has 2 aromatic rings. The van der Waals surface area contributed by atoms with Gasteiger partial charge in [-0.3, -0.25) is 0 Å². The zero-order chi connectivity index (χ0) is 10.1. The van der Waals surface area contributed by atoms with Gasteiger partial charge in [0.05, 0.1) is 0 Å². The Morgan fingerprint density at radius 3 is 2.79 bits per heavy atom. The summed E-state index contributed by atoms with van der Waals surface area (Å²) in [4.78, 5) is 0. The number of benzene rings is 1. The standard InChI is InChI=1S/C10H10BrN3/c1-7-8(4-3-5-9(7)11)10-13-12-6-14(10)2/h3-6H,1-2H3. The quantitative estimate of drug-likeness (QED) is 0.780. The maximum absolute atomic E-state index is 4.08. The molecule has 1 aromatic carbocycles. The minimum atomic E-state index is 0.892. The molecule has 14 heavy (non-hydrogen) atoms. The highest BCUT2D eigenvalue weighted by Gasteiger charge is 2.08. The van der Waals surface area contributed by atoms with Crippen LogP contribution in [0.5, 0.6) is 0 Å². The van der Waals surface area contributed by atoms with Crippen LogP contribution in [0.15, 0.2) is 29.0 Å². The molecule has 0 aliphatic rings. The number of rotatable bonds is 1. The summed E-state index contributed by atoms with van der Waals surface area (Å²) in [5, 5.41) is 7.95. The van der Waals surface area contributed by atoms with Crippen molar-refractivity contribution in [3.63, 3.8) is 0 Å². The van der Waals surface area contributed by atoms with Gasteiger partial charge in [0, 0.05) is 17.1 Å². The molecular weight excluding hydrogens is 242 g/mol. The van der Waals surface area contributed by atoms with Gasteiger partial charge >= 0.3 is 0 Å². The first-order valence-electron chi connectivity index (χ1n) is 4.29. The van der Waals surface area contributed by atoms with Crippen molar-refractivity contribution in [3.8, 4) is 11.4 Å². The number of hydrogen-bond donors (Lipinski definition) is 0. The second-order valence-electron chi connectivity index (χ2n) is 3.18. The van der Waals surface area contributed by atoms with Crippen LogP contribution in [0.2, 0.25) is 0 Å². The van der Waals surface area contributed by atoms with Gasteiger partial charge in [-0.2, -0.15) is 0 Å². The van der Waals surface area contributed by atoms with E-state index in [1.165, 1.54) is 5.56 Å². The minimum Gasteiger partial charge on any atom is -0.317 e. The SMILES string of the molecule is Cc1c(Br)cccc1-c1nncn1C. The minimum absolute atomic E-state index is 0.892. The van der Waals surface area contributed by atoms with Gasteiger partial charge < -0.3 is 4.57 Å². The Hall–Kier alpha value is -1.16. The number of aryl methyl sites for hydroxylation is 1. The molecule has 0 saturated heterocycles. The molecule has 0 amide bonds. The molecule has 0 radical (unpaired) electrons. The molecule has 0 N–H and O–H groups in total. The van der Waals surface area contributed by atoms with E-state index in [1.807, 2.05) is 29.8 Å². The highest BCUT2D eigenvalue weighted by atomic mass is 79.9. The molecule has 0 saturated carbocycles. The third-order valence-corrected chi connectivity index (χ3v) is 3.08. The van der Waals surface area contributed by atoms with E-state index in [1.54, 1.807) is 6.33 Å². The second-order valence-corrected chi connectivity index (χ2v) is 4.03. The van der Waals surface area contributed by atoms with Crippen molar-refractivity contribution in [1.82, 2.24) is 14.8 Å². The lowest BCUT2D eigenvalue weighted by Crippen LogP contribution is -1.93. The maximum Gasteiger partial charge on any atom is 0.163 e. The van der Waals surface area contributed by atoms with Crippen molar-refractivity contribution in [2.24, 2.45) is 7.05 Å². The molecular formula is C10H10BrN3. The average molecular weight is 252 g/mol. The lowest BCUT2D eigenvalue weighted by atomic mass is 10.1. The van der Waals surface area contributed by atoms with E-state index < -0.39 is 0 Å². The predicted octanol–water partition coefficient (Wildman–Crippen LogP) is 2.55. The first-order chi connectivity index (χ1) is 6.70. The first kappa shape index (κ1) is 9.40. The second kappa shape index (κ2) is 3.53. The van der Waals surface area contributed by atoms with Gasteiger partial charge in [0.1, 0.15) is 6.33 Å².